The number of rotatable bonds is 3. The SMILES string of the molecule is O=C(C1CC1)N1CC(=O)N2[C@H](C1)[C@H](c1ccc(C#CC3CCCC3)cc1)[C@@H]2CO. The van der Waals surface area contributed by atoms with E-state index in [-0.39, 0.29) is 48.9 Å². The van der Waals surface area contributed by atoms with E-state index in [1.807, 2.05) is 12.1 Å². The zero-order chi connectivity index (χ0) is 20.0. The lowest BCUT2D eigenvalue weighted by molar-refractivity contribution is -0.167. The molecule has 2 amide bonds. The van der Waals surface area contributed by atoms with Crippen molar-refractivity contribution in [2.75, 3.05) is 19.7 Å². The molecule has 3 atom stereocenters. The summed E-state index contributed by atoms with van der Waals surface area (Å²) in [6, 6.07) is 8.02. The van der Waals surface area contributed by atoms with Crippen LogP contribution < -0.4 is 0 Å². The highest BCUT2D eigenvalue weighted by molar-refractivity contribution is 5.89. The second-order valence-electron chi connectivity index (χ2n) is 9.01. The monoisotopic (exact) mass is 392 g/mol. The van der Waals surface area contributed by atoms with Gasteiger partial charge in [0.1, 0.15) is 0 Å². The molecule has 1 aromatic rings. The Balaban J connectivity index is 1.32. The van der Waals surface area contributed by atoms with Crippen molar-refractivity contribution in [3.05, 3.63) is 35.4 Å². The number of hydrogen-bond donors (Lipinski definition) is 1. The Labute approximate surface area is 172 Å². The Morgan fingerprint density at radius 2 is 1.83 bits per heavy atom. The first kappa shape index (κ1) is 18.7. The lowest BCUT2D eigenvalue weighted by Gasteiger charge is -2.58. The Morgan fingerprint density at radius 1 is 1.10 bits per heavy atom. The number of piperazine rings is 1. The number of aliphatic hydroxyl groups is 1. The minimum Gasteiger partial charge on any atom is -0.394 e. The molecule has 2 aliphatic heterocycles. The maximum atomic E-state index is 12.6. The normalized spacial score (nSPS) is 29.1. The number of carbonyl (C=O) groups excluding carboxylic acids is 2. The third-order valence-electron chi connectivity index (χ3n) is 7.06. The predicted octanol–water partition coefficient (Wildman–Crippen LogP) is 2.14. The molecule has 0 unspecified atom stereocenters. The van der Waals surface area contributed by atoms with E-state index in [4.69, 9.17) is 0 Å². The van der Waals surface area contributed by atoms with Gasteiger partial charge in [0.25, 0.3) is 0 Å². The van der Waals surface area contributed by atoms with Gasteiger partial charge in [0.05, 0.1) is 25.2 Å². The van der Waals surface area contributed by atoms with E-state index in [9.17, 15) is 14.7 Å². The first-order chi connectivity index (χ1) is 14.2. The molecule has 4 fully saturated rings. The third kappa shape index (κ3) is 3.44. The van der Waals surface area contributed by atoms with Gasteiger partial charge in [-0.1, -0.05) is 36.8 Å². The van der Waals surface area contributed by atoms with Crippen LogP contribution in [0.25, 0.3) is 0 Å². The van der Waals surface area contributed by atoms with Crippen LogP contribution in [-0.4, -0.2) is 58.5 Å². The lowest BCUT2D eigenvalue weighted by Crippen LogP contribution is -2.73. The van der Waals surface area contributed by atoms with Crippen LogP contribution in [0.5, 0.6) is 0 Å². The number of fused-ring (bicyclic) bond motifs is 1. The topological polar surface area (TPSA) is 60.9 Å². The molecule has 2 aliphatic carbocycles. The molecular formula is C24H28N2O3. The number of nitrogens with zero attached hydrogens (tertiary/aromatic N) is 2. The number of aliphatic hydroxyl groups excluding tert-OH is 1. The van der Waals surface area contributed by atoms with Gasteiger partial charge in [-0.2, -0.15) is 0 Å². The van der Waals surface area contributed by atoms with E-state index in [2.05, 4.69) is 24.0 Å². The first-order valence-electron chi connectivity index (χ1n) is 11.0. The van der Waals surface area contributed by atoms with Crippen molar-refractivity contribution in [3.63, 3.8) is 0 Å². The minimum absolute atomic E-state index is 0.0356. The van der Waals surface area contributed by atoms with E-state index < -0.39 is 0 Å². The van der Waals surface area contributed by atoms with E-state index in [0.29, 0.717) is 12.5 Å². The van der Waals surface area contributed by atoms with Crippen molar-refractivity contribution in [2.24, 2.45) is 11.8 Å². The van der Waals surface area contributed by atoms with E-state index in [0.717, 1.165) is 24.0 Å². The van der Waals surface area contributed by atoms with Crippen LogP contribution in [0.3, 0.4) is 0 Å². The largest absolute Gasteiger partial charge is 0.394 e. The van der Waals surface area contributed by atoms with Crippen molar-refractivity contribution < 1.29 is 14.7 Å². The van der Waals surface area contributed by atoms with Gasteiger partial charge in [-0.25, -0.2) is 0 Å². The summed E-state index contributed by atoms with van der Waals surface area (Å²) in [7, 11) is 0. The molecule has 0 aromatic heterocycles. The van der Waals surface area contributed by atoms with Gasteiger partial charge in [0.15, 0.2) is 0 Å². The van der Waals surface area contributed by atoms with Gasteiger partial charge < -0.3 is 14.9 Å². The summed E-state index contributed by atoms with van der Waals surface area (Å²) < 4.78 is 0. The summed E-state index contributed by atoms with van der Waals surface area (Å²) in [5.41, 5.74) is 2.13. The highest BCUT2D eigenvalue weighted by Gasteiger charge is 2.55. The standard InChI is InChI=1S/C24H28N2O3/c27-15-21-23(18-9-7-17(8-10-18)6-5-16-3-1-2-4-16)20-13-25(14-22(28)26(20)21)24(29)19-11-12-19/h7-10,16,19-21,23,27H,1-4,11-15H2/t20-,21+,23+/m1/s1. The fourth-order valence-electron chi connectivity index (χ4n) is 5.30. The second kappa shape index (κ2) is 7.50. The van der Waals surface area contributed by atoms with E-state index in [1.54, 1.807) is 9.80 Å². The van der Waals surface area contributed by atoms with Crippen LogP contribution >= 0.6 is 0 Å². The summed E-state index contributed by atoms with van der Waals surface area (Å²) in [4.78, 5) is 28.7. The van der Waals surface area contributed by atoms with Crippen molar-refractivity contribution in [1.82, 2.24) is 9.80 Å². The summed E-state index contributed by atoms with van der Waals surface area (Å²) in [6.45, 7) is 0.683. The highest BCUT2D eigenvalue weighted by atomic mass is 16.3. The zero-order valence-electron chi connectivity index (χ0n) is 16.7. The molecule has 2 heterocycles. The van der Waals surface area contributed by atoms with Crippen LogP contribution in [-0.2, 0) is 9.59 Å². The maximum Gasteiger partial charge on any atom is 0.242 e. The molecular weight excluding hydrogens is 364 g/mol. The summed E-state index contributed by atoms with van der Waals surface area (Å²) in [5, 5.41) is 9.91. The molecule has 0 bridgehead atoms. The van der Waals surface area contributed by atoms with Gasteiger partial charge in [-0.3, -0.25) is 9.59 Å². The molecule has 29 heavy (non-hydrogen) atoms. The van der Waals surface area contributed by atoms with Crippen LogP contribution in [0.1, 0.15) is 55.6 Å². The molecule has 5 heteroatoms. The zero-order valence-corrected chi connectivity index (χ0v) is 16.7. The Morgan fingerprint density at radius 3 is 2.48 bits per heavy atom. The first-order valence-corrected chi connectivity index (χ1v) is 11.0. The molecule has 2 saturated carbocycles. The number of benzene rings is 1. The molecule has 152 valence electrons. The summed E-state index contributed by atoms with van der Waals surface area (Å²) in [5.74, 6) is 7.51. The van der Waals surface area contributed by atoms with Gasteiger partial charge in [0, 0.05) is 29.9 Å². The van der Waals surface area contributed by atoms with Gasteiger partial charge in [-0.05, 0) is 43.4 Å². The molecule has 1 aromatic carbocycles. The highest BCUT2D eigenvalue weighted by Crippen LogP contribution is 2.43. The summed E-state index contributed by atoms with van der Waals surface area (Å²) >= 11 is 0. The lowest BCUT2D eigenvalue weighted by atomic mass is 9.73. The van der Waals surface area contributed by atoms with Crippen LogP contribution in [0.2, 0.25) is 0 Å². The average Bonchev–Trinajstić information content (AvgIpc) is 3.44. The molecule has 0 spiro atoms. The van der Waals surface area contributed by atoms with E-state index >= 15 is 0 Å². The van der Waals surface area contributed by atoms with E-state index in [1.165, 1.54) is 25.7 Å². The Hall–Kier alpha value is -2.32. The fraction of sp³-hybridized carbons (Fsp3) is 0.583. The summed E-state index contributed by atoms with van der Waals surface area (Å²) in [6.07, 6.45) is 6.91. The van der Waals surface area contributed by atoms with Gasteiger partial charge in [0.2, 0.25) is 11.8 Å². The minimum atomic E-state index is -0.193. The van der Waals surface area contributed by atoms with Crippen molar-refractivity contribution in [1.29, 1.82) is 0 Å². The fourth-order valence-corrected chi connectivity index (χ4v) is 5.30. The van der Waals surface area contributed by atoms with Crippen LogP contribution in [0.4, 0.5) is 0 Å². The van der Waals surface area contributed by atoms with Gasteiger partial charge in [-0.15, -0.1) is 0 Å². The molecule has 0 radical (unpaired) electrons. The predicted molar refractivity (Wildman–Crippen MR) is 109 cm³/mol. The van der Waals surface area contributed by atoms with Crippen LogP contribution in [0.15, 0.2) is 24.3 Å². The third-order valence-corrected chi connectivity index (χ3v) is 7.06. The molecule has 1 N–H and O–H groups in total. The average molecular weight is 392 g/mol. The van der Waals surface area contributed by atoms with Crippen LogP contribution in [0, 0.1) is 23.7 Å². The van der Waals surface area contributed by atoms with Crippen molar-refractivity contribution in [3.8, 4) is 11.8 Å². The van der Waals surface area contributed by atoms with Crippen molar-refractivity contribution >= 4 is 11.8 Å². The number of amides is 2. The number of carbonyl (C=O) groups is 2. The maximum absolute atomic E-state index is 12.6. The van der Waals surface area contributed by atoms with Gasteiger partial charge >= 0.3 is 0 Å². The smallest absolute Gasteiger partial charge is 0.242 e. The van der Waals surface area contributed by atoms with Crippen molar-refractivity contribution in [2.45, 2.75) is 56.5 Å². The molecule has 5 rings (SSSR count). The molecule has 4 aliphatic rings. The quantitative estimate of drug-likeness (QED) is 0.802. The number of hydrogen-bond acceptors (Lipinski definition) is 3. The Kier molecular flexibility index (Phi) is 4.83. The second-order valence-corrected chi connectivity index (χ2v) is 9.01. The molecule has 2 saturated heterocycles. The Bertz CT molecular complexity index is 858. The molecule has 5 nitrogen and oxygen atoms in total.